The minimum absolute atomic E-state index is 0.0836. The molecule has 0 bridgehead atoms. The van der Waals surface area contributed by atoms with E-state index in [9.17, 15) is 14.7 Å². The molecule has 228 valence electrons. The van der Waals surface area contributed by atoms with Gasteiger partial charge in [-0.25, -0.2) is 4.98 Å². The van der Waals surface area contributed by atoms with Crippen molar-refractivity contribution in [3.63, 3.8) is 0 Å². The van der Waals surface area contributed by atoms with Crippen molar-refractivity contribution in [3.05, 3.63) is 137 Å². The van der Waals surface area contributed by atoms with Gasteiger partial charge in [-0.3, -0.25) is 14.5 Å². The number of pyridine rings is 1. The van der Waals surface area contributed by atoms with Gasteiger partial charge in [0.25, 0.3) is 5.78 Å². The Morgan fingerprint density at radius 1 is 0.913 bits per heavy atom. The zero-order valence-electron chi connectivity index (χ0n) is 24.8. The van der Waals surface area contributed by atoms with Crippen molar-refractivity contribution in [1.82, 2.24) is 19.6 Å². The van der Waals surface area contributed by atoms with E-state index in [4.69, 9.17) is 9.72 Å². The number of ether oxygens (including phenoxy) is 1. The van der Waals surface area contributed by atoms with E-state index < -0.39 is 17.7 Å². The van der Waals surface area contributed by atoms with Crippen LogP contribution in [0.2, 0.25) is 0 Å². The zero-order chi connectivity index (χ0) is 31.8. The van der Waals surface area contributed by atoms with Gasteiger partial charge < -0.3 is 14.2 Å². The van der Waals surface area contributed by atoms with Crippen molar-refractivity contribution in [2.24, 2.45) is 0 Å². The van der Waals surface area contributed by atoms with Crippen LogP contribution in [0.4, 0.5) is 5.13 Å². The van der Waals surface area contributed by atoms with Crippen LogP contribution in [-0.2, 0) is 15.3 Å². The van der Waals surface area contributed by atoms with Crippen LogP contribution in [0.25, 0.3) is 11.4 Å². The molecule has 0 spiro atoms. The lowest BCUT2D eigenvalue weighted by atomic mass is 9.96. The summed E-state index contributed by atoms with van der Waals surface area (Å²) in [5.41, 5.74) is 4.01. The number of fused-ring (bicyclic) bond motifs is 1. The summed E-state index contributed by atoms with van der Waals surface area (Å²) in [6.07, 6.45) is 1.85. The molecule has 0 aliphatic carbocycles. The largest absolute Gasteiger partial charge is 0.505 e. The fourth-order valence-corrected chi connectivity index (χ4v) is 7.29. The Morgan fingerprint density at radius 3 is 2.41 bits per heavy atom. The minimum Gasteiger partial charge on any atom is -0.505 e. The number of benzene rings is 3. The molecule has 4 heterocycles. The average molecular weight is 646 g/mol. The Balaban J connectivity index is 1.33. The first-order valence-corrected chi connectivity index (χ1v) is 16.3. The SMILES string of the molecule is Cc1cccn2c(C)c(/C(O)=C3\C(=O)C(=O)N(c4nnc(SCc5ccccc5)s4)C3c3cccc(Oc4ccccc4)c3)nc12. The second-order valence-electron chi connectivity index (χ2n) is 10.7. The Bertz CT molecular complexity index is 2130. The molecule has 1 aliphatic rings. The zero-order valence-corrected chi connectivity index (χ0v) is 26.5. The number of aliphatic hydroxyl groups is 1. The molecule has 9 nitrogen and oxygen atoms in total. The molecule has 3 aromatic carbocycles. The highest BCUT2D eigenvalue weighted by molar-refractivity contribution is 8.00. The number of imidazole rings is 1. The summed E-state index contributed by atoms with van der Waals surface area (Å²) in [7, 11) is 0. The molecule has 1 fully saturated rings. The first kappa shape index (κ1) is 29.5. The predicted molar refractivity (Wildman–Crippen MR) is 178 cm³/mol. The number of nitrogens with zero attached hydrogens (tertiary/aromatic N) is 5. The van der Waals surface area contributed by atoms with Crippen LogP contribution in [0.1, 0.15) is 34.1 Å². The Hall–Kier alpha value is -5.26. The number of ketones is 1. The number of rotatable bonds is 8. The van der Waals surface area contributed by atoms with Gasteiger partial charge in [0.15, 0.2) is 10.1 Å². The van der Waals surface area contributed by atoms with E-state index in [0.29, 0.717) is 38.5 Å². The number of hydrogen-bond donors (Lipinski definition) is 1. The number of thioether (sulfide) groups is 1. The van der Waals surface area contributed by atoms with Crippen molar-refractivity contribution in [1.29, 1.82) is 0 Å². The fourth-order valence-electron chi connectivity index (χ4n) is 5.47. The van der Waals surface area contributed by atoms with Gasteiger partial charge in [0, 0.05) is 11.9 Å². The van der Waals surface area contributed by atoms with Gasteiger partial charge in [-0.2, -0.15) is 0 Å². The maximum absolute atomic E-state index is 13.9. The molecule has 0 saturated carbocycles. The summed E-state index contributed by atoms with van der Waals surface area (Å²) in [6.45, 7) is 3.74. The Kier molecular flexibility index (Phi) is 7.85. The fraction of sp³-hybridized carbons (Fsp3) is 0.114. The maximum Gasteiger partial charge on any atom is 0.301 e. The van der Waals surface area contributed by atoms with Crippen LogP contribution < -0.4 is 9.64 Å². The lowest BCUT2D eigenvalue weighted by molar-refractivity contribution is -0.132. The number of para-hydroxylation sites is 1. The van der Waals surface area contributed by atoms with Crippen molar-refractivity contribution >= 4 is 51.3 Å². The quantitative estimate of drug-likeness (QED) is 0.0595. The third kappa shape index (κ3) is 5.44. The number of aryl methyl sites for hydroxylation is 2. The molecule has 46 heavy (non-hydrogen) atoms. The summed E-state index contributed by atoms with van der Waals surface area (Å²) in [6, 6.07) is 29.2. The summed E-state index contributed by atoms with van der Waals surface area (Å²) in [5.74, 6) is -0.195. The molecule has 1 unspecified atom stereocenters. The first-order valence-electron chi connectivity index (χ1n) is 14.5. The Labute approximate surface area is 272 Å². The molecule has 1 N–H and O–H groups in total. The number of Topliss-reactive ketones (excluding diaryl/α,β-unsaturated/α-hetero) is 1. The van der Waals surface area contributed by atoms with Gasteiger partial charge in [-0.1, -0.05) is 89.8 Å². The Morgan fingerprint density at radius 2 is 1.65 bits per heavy atom. The van der Waals surface area contributed by atoms with Crippen LogP contribution in [0.3, 0.4) is 0 Å². The molecule has 11 heteroatoms. The van der Waals surface area contributed by atoms with Crippen LogP contribution in [0.15, 0.2) is 113 Å². The molecule has 7 rings (SSSR count). The highest BCUT2D eigenvalue weighted by atomic mass is 32.2. The first-order chi connectivity index (χ1) is 22.4. The average Bonchev–Trinajstić information content (AvgIpc) is 3.76. The van der Waals surface area contributed by atoms with Crippen LogP contribution in [0.5, 0.6) is 11.5 Å². The van der Waals surface area contributed by atoms with E-state index in [1.165, 1.54) is 28.0 Å². The number of hydrogen-bond acceptors (Lipinski definition) is 9. The second-order valence-corrected chi connectivity index (χ2v) is 12.9. The normalized spacial score (nSPS) is 16.0. The molecule has 1 atom stereocenters. The van der Waals surface area contributed by atoms with Gasteiger partial charge in [0.05, 0.1) is 17.3 Å². The number of anilines is 1. The van der Waals surface area contributed by atoms with Crippen LogP contribution >= 0.6 is 23.1 Å². The number of aliphatic hydroxyl groups excluding tert-OH is 1. The van der Waals surface area contributed by atoms with Crippen molar-refractivity contribution in [2.45, 2.75) is 30.0 Å². The van der Waals surface area contributed by atoms with E-state index in [0.717, 1.165) is 11.1 Å². The smallest absolute Gasteiger partial charge is 0.301 e. The van der Waals surface area contributed by atoms with Gasteiger partial charge in [0.1, 0.15) is 22.8 Å². The van der Waals surface area contributed by atoms with Crippen molar-refractivity contribution in [3.8, 4) is 11.5 Å². The monoisotopic (exact) mass is 645 g/mol. The number of carbonyl (C=O) groups excluding carboxylic acids is 2. The van der Waals surface area contributed by atoms with E-state index in [-0.39, 0.29) is 22.2 Å². The van der Waals surface area contributed by atoms with Crippen LogP contribution in [-0.4, -0.2) is 36.4 Å². The summed E-state index contributed by atoms with van der Waals surface area (Å²) >= 11 is 2.71. The molecular weight excluding hydrogens is 619 g/mol. The van der Waals surface area contributed by atoms with Crippen molar-refractivity contribution in [2.75, 3.05) is 4.90 Å². The summed E-state index contributed by atoms with van der Waals surface area (Å²) < 4.78 is 8.59. The summed E-state index contributed by atoms with van der Waals surface area (Å²) in [4.78, 5) is 33.7. The highest BCUT2D eigenvalue weighted by Gasteiger charge is 2.49. The molecule has 1 amide bonds. The van der Waals surface area contributed by atoms with Gasteiger partial charge in [-0.15, -0.1) is 10.2 Å². The van der Waals surface area contributed by atoms with Crippen LogP contribution in [0, 0.1) is 13.8 Å². The number of amides is 1. The van der Waals surface area contributed by atoms with E-state index >= 15 is 0 Å². The second kappa shape index (κ2) is 12.3. The molecule has 0 radical (unpaired) electrons. The van der Waals surface area contributed by atoms with Gasteiger partial charge in [0.2, 0.25) is 5.13 Å². The lowest BCUT2D eigenvalue weighted by Gasteiger charge is -2.23. The number of carbonyl (C=O) groups is 2. The summed E-state index contributed by atoms with van der Waals surface area (Å²) in [5, 5.41) is 20.7. The van der Waals surface area contributed by atoms with E-state index in [1.807, 2.05) is 97.2 Å². The van der Waals surface area contributed by atoms with Gasteiger partial charge in [-0.05, 0) is 60.9 Å². The third-order valence-corrected chi connectivity index (χ3v) is 9.84. The lowest BCUT2D eigenvalue weighted by Crippen LogP contribution is -2.29. The third-order valence-electron chi connectivity index (χ3n) is 7.71. The molecule has 1 saturated heterocycles. The van der Waals surface area contributed by atoms with Crippen molar-refractivity contribution < 1.29 is 19.4 Å². The van der Waals surface area contributed by atoms with E-state index in [2.05, 4.69) is 10.2 Å². The van der Waals surface area contributed by atoms with Gasteiger partial charge >= 0.3 is 5.91 Å². The standard InChI is InChI=1S/C35H27N5O4S2/c1-21-11-10-18-39-22(2)28(36-32(21)39)30(41)27-29(24-14-9-17-26(19-24)44-25-15-7-4-8-16-25)40(33(43)31(27)42)34-37-38-35(46-34)45-20-23-12-5-3-6-13-23/h3-19,29,41H,20H2,1-2H3/b30-27+. The molecule has 3 aromatic heterocycles. The molecule has 6 aromatic rings. The predicted octanol–water partition coefficient (Wildman–Crippen LogP) is 7.51. The number of aromatic nitrogens is 4. The van der Waals surface area contributed by atoms with E-state index in [1.54, 1.807) is 24.3 Å². The highest BCUT2D eigenvalue weighted by Crippen LogP contribution is 2.45. The minimum atomic E-state index is -1.01. The molecule has 1 aliphatic heterocycles. The maximum atomic E-state index is 13.9. The topological polar surface area (TPSA) is 110 Å². The molecular formula is C35H27N5O4S2.